The molecule has 2 aromatic rings. The Bertz CT molecular complexity index is 607. The third-order valence-corrected chi connectivity index (χ3v) is 3.16. The topological polar surface area (TPSA) is 52.0 Å². The standard InChI is InChI=1S/C13H10BrF3N2/c14-8-3-1-7(2-4-8)12-10(13(15,16)17)5-9(18)6-11(12)19/h1-6H,18-19H2. The molecule has 0 bridgehead atoms. The van der Waals surface area contributed by atoms with Gasteiger partial charge in [0.25, 0.3) is 0 Å². The second kappa shape index (κ2) is 4.77. The average molecular weight is 331 g/mol. The Morgan fingerprint density at radius 1 is 0.947 bits per heavy atom. The lowest BCUT2D eigenvalue weighted by Crippen LogP contribution is -2.10. The summed E-state index contributed by atoms with van der Waals surface area (Å²) in [4.78, 5) is 0. The zero-order valence-electron chi connectivity index (χ0n) is 9.63. The number of rotatable bonds is 1. The summed E-state index contributed by atoms with van der Waals surface area (Å²) >= 11 is 3.23. The fourth-order valence-electron chi connectivity index (χ4n) is 1.85. The first kappa shape index (κ1) is 13.7. The van der Waals surface area contributed by atoms with Crippen molar-refractivity contribution in [3.8, 4) is 11.1 Å². The van der Waals surface area contributed by atoms with Crippen molar-refractivity contribution >= 4 is 27.3 Å². The van der Waals surface area contributed by atoms with Crippen LogP contribution >= 0.6 is 15.9 Å². The molecule has 0 aliphatic rings. The highest BCUT2D eigenvalue weighted by molar-refractivity contribution is 9.10. The van der Waals surface area contributed by atoms with Crippen LogP contribution in [0.3, 0.4) is 0 Å². The molecule has 0 spiro atoms. The maximum absolute atomic E-state index is 13.1. The summed E-state index contributed by atoms with van der Waals surface area (Å²) in [6, 6.07) is 8.68. The van der Waals surface area contributed by atoms with Gasteiger partial charge in [0.15, 0.2) is 0 Å². The highest BCUT2D eigenvalue weighted by Crippen LogP contribution is 2.41. The van der Waals surface area contributed by atoms with E-state index in [1.807, 2.05) is 0 Å². The molecule has 0 saturated heterocycles. The molecule has 6 heteroatoms. The van der Waals surface area contributed by atoms with Crippen LogP contribution in [0.2, 0.25) is 0 Å². The number of benzene rings is 2. The van der Waals surface area contributed by atoms with Crippen molar-refractivity contribution in [2.45, 2.75) is 6.18 Å². The van der Waals surface area contributed by atoms with E-state index in [9.17, 15) is 13.2 Å². The maximum atomic E-state index is 13.1. The minimum absolute atomic E-state index is 0.00862. The predicted octanol–water partition coefficient (Wildman–Crippen LogP) is 4.30. The number of hydrogen-bond acceptors (Lipinski definition) is 2. The van der Waals surface area contributed by atoms with Gasteiger partial charge in [-0.15, -0.1) is 0 Å². The molecule has 0 aliphatic heterocycles. The van der Waals surface area contributed by atoms with Crippen LogP contribution in [0.15, 0.2) is 40.9 Å². The van der Waals surface area contributed by atoms with Gasteiger partial charge in [-0.3, -0.25) is 0 Å². The van der Waals surface area contributed by atoms with Gasteiger partial charge >= 0.3 is 6.18 Å². The predicted molar refractivity (Wildman–Crippen MR) is 73.4 cm³/mol. The molecule has 19 heavy (non-hydrogen) atoms. The summed E-state index contributed by atoms with van der Waals surface area (Å²) in [7, 11) is 0. The number of nitrogen functional groups attached to an aromatic ring is 2. The Labute approximate surface area is 116 Å². The highest BCUT2D eigenvalue weighted by atomic mass is 79.9. The van der Waals surface area contributed by atoms with Crippen LogP contribution in [0.1, 0.15) is 5.56 Å². The van der Waals surface area contributed by atoms with E-state index >= 15 is 0 Å². The molecule has 0 unspecified atom stereocenters. The van der Waals surface area contributed by atoms with Crippen LogP contribution in [-0.4, -0.2) is 0 Å². The number of nitrogens with two attached hydrogens (primary N) is 2. The van der Waals surface area contributed by atoms with E-state index < -0.39 is 11.7 Å². The highest BCUT2D eigenvalue weighted by Gasteiger charge is 2.35. The fourth-order valence-corrected chi connectivity index (χ4v) is 2.11. The second-order valence-electron chi connectivity index (χ2n) is 4.04. The molecule has 2 rings (SSSR count). The van der Waals surface area contributed by atoms with Crippen molar-refractivity contribution < 1.29 is 13.2 Å². The van der Waals surface area contributed by atoms with Gasteiger partial charge in [-0.1, -0.05) is 28.1 Å². The number of hydrogen-bond donors (Lipinski definition) is 2. The molecule has 0 radical (unpaired) electrons. The van der Waals surface area contributed by atoms with E-state index in [0.717, 1.165) is 10.5 Å². The van der Waals surface area contributed by atoms with E-state index in [1.165, 1.54) is 6.07 Å². The maximum Gasteiger partial charge on any atom is 0.417 e. The van der Waals surface area contributed by atoms with Crippen molar-refractivity contribution in [2.75, 3.05) is 11.5 Å². The SMILES string of the molecule is Nc1cc(N)c(-c2ccc(Br)cc2)c(C(F)(F)F)c1. The van der Waals surface area contributed by atoms with E-state index in [2.05, 4.69) is 15.9 Å². The molecule has 4 N–H and O–H groups in total. The van der Waals surface area contributed by atoms with Crippen molar-refractivity contribution in [1.29, 1.82) is 0 Å². The number of anilines is 2. The average Bonchev–Trinajstić information content (AvgIpc) is 2.28. The second-order valence-corrected chi connectivity index (χ2v) is 4.95. The molecule has 0 amide bonds. The van der Waals surface area contributed by atoms with Gasteiger partial charge in [0.1, 0.15) is 0 Å². The molecule has 0 fully saturated rings. The molecule has 2 aromatic carbocycles. The molecule has 0 aliphatic carbocycles. The Balaban J connectivity index is 2.71. The molecule has 2 nitrogen and oxygen atoms in total. The van der Waals surface area contributed by atoms with Gasteiger partial charge in [0.05, 0.1) is 5.56 Å². The van der Waals surface area contributed by atoms with Gasteiger partial charge in [0.2, 0.25) is 0 Å². The lowest BCUT2D eigenvalue weighted by atomic mass is 9.97. The summed E-state index contributed by atoms with van der Waals surface area (Å²) in [6.07, 6.45) is -4.51. The third kappa shape index (κ3) is 2.84. The van der Waals surface area contributed by atoms with Gasteiger partial charge in [-0.25, -0.2) is 0 Å². The number of alkyl halides is 3. The van der Waals surface area contributed by atoms with Gasteiger partial charge in [-0.05, 0) is 29.8 Å². The van der Waals surface area contributed by atoms with E-state index in [0.29, 0.717) is 5.56 Å². The van der Waals surface area contributed by atoms with Crippen LogP contribution in [0, 0.1) is 0 Å². The molecule has 100 valence electrons. The van der Waals surface area contributed by atoms with Gasteiger partial charge in [0, 0.05) is 21.4 Å². The number of halogens is 4. The van der Waals surface area contributed by atoms with Crippen molar-refractivity contribution in [3.05, 3.63) is 46.4 Å². The third-order valence-electron chi connectivity index (χ3n) is 2.63. The quantitative estimate of drug-likeness (QED) is 0.766. The molecular weight excluding hydrogens is 321 g/mol. The largest absolute Gasteiger partial charge is 0.417 e. The van der Waals surface area contributed by atoms with Crippen LogP contribution in [-0.2, 0) is 6.18 Å². The van der Waals surface area contributed by atoms with E-state index in [4.69, 9.17) is 11.5 Å². The summed E-state index contributed by atoms with van der Waals surface area (Å²) in [5, 5.41) is 0. The van der Waals surface area contributed by atoms with Crippen LogP contribution in [0.5, 0.6) is 0 Å². The zero-order valence-corrected chi connectivity index (χ0v) is 11.2. The molecule has 0 atom stereocenters. The molecule has 0 heterocycles. The molecule has 0 saturated carbocycles. The van der Waals surface area contributed by atoms with E-state index in [-0.39, 0.29) is 16.9 Å². The fraction of sp³-hybridized carbons (Fsp3) is 0.0769. The van der Waals surface area contributed by atoms with Crippen LogP contribution in [0.4, 0.5) is 24.5 Å². The Kier molecular flexibility index (Phi) is 3.45. The lowest BCUT2D eigenvalue weighted by Gasteiger charge is -2.16. The van der Waals surface area contributed by atoms with Gasteiger partial charge < -0.3 is 11.5 Å². The summed E-state index contributed by atoms with van der Waals surface area (Å²) < 4.78 is 39.9. The smallest absolute Gasteiger partial charge is 0.399 e. The van der Waals surface area contributed by atoms with Crippen molar-refractivity contribution in [3.63, 3.8) is 0 Å². The van der Waals surface area contributed by atoms with Crippen LogP contribution < -0.4 is 11.5 Å². The summed E-state index contributed by atoms with van der Waals surface area (Å²) in [5.74, 6) is 0. The summed E-state index contributed by atoms with van der Waals surface area (Å²) in [6.45, 7) is 0. The lowest BCUT2D eigenvalue weighted by molar-refractivity contribution is -0.137. The minimum Gasteiger partial charge on any atom is -0.399 e. The van der Waals surface area contributed by atoms with Crippen molar-refractivity contribution in [1.82, 2.24) is 0 Å². The first-order chi connectivity index (χ1) is 8.79. The van der Waals surface area contributed by atoms with E-state index in [1.54, 1.807) is 24.3 Å². The molecule has 0 aromatic heterocycles. The van der Waals surface area contributed by atoms with Crippen molar-refractivity contribution in [2.24, 2.45) is 0 Å². The first-order valence-corrected chi connectivity index (χ1v) is 6.10. The van der Waals surface area contributed by atoms with Gasteiger partial charge in [-0.2, -0.15) is 13.2 Å². The molecular formula is C13H10BrF3N2. The Morgan fingerprint density at radius 2 is 1.53 bits per heavy atom. The Morgan fingerprint density at radius 3 is 2.05 bits per heavy atom. The first-order valence-electron chi connectivity index (χ1n) is 5.31. The van der Waals surface area contributed by atoms with Crippen LogP contribution in [0.25, 0.3) is 11.1 Å². The Hall–Kier alpha value is -1.69. The minimum atomic E-state index is -4.51. The normalized spacial score (nSPS) is 11.6. The monoisotopic (exact) mass is 330 g/mol. The summed E-state index contributed by atoms with van der Waals surface area (Å²) in [5.41, 5.74) is 10.7. The zero-order chi connectivity index (χ0) is 14.2.